The zero-order valence-electron chi connectivity index (χ0n) is 15.6. The molecule has 0 bridgehead atoms. The minimum atomic E-state index is -0.0140. The van der Waals surface area contributed by atoms with E-state index in [0.29, 0.717) is 23.6 Å². The average molecular weight is 362 g/mol. The zero-order chi connectivity index (χ0) is 18.4. The Labute approximate surface area is 154 Å². The number of hydrogen-bond donors (Lipinski definition) is 1. The number of aromatic nitrogens is 2. The first kappa shape index (κ1) is 19.5. The summed E-state index contributed by atoms with van der Waals surface area (Å²) in [5.74, 6) is 1.32. The van der Waals surface area contributed by atoms with Gasteiger partial charge in [0, 0.05) is 12.1 Å². The summed E-state index contributed by atoms with van der Waals surface area (Å²) in [6, 6.07) is 8.13. The second-order valence-electron chi connectivity index (χ2n) is 7.52. The number of amides is 1. The van der Waals surface area contributed by atoms with Crippen molar-refractivity contribution < 1.29 is 9.21 Å². The fraction of sp³-hybridized carbons (Fsp3) is 0.526. The molecule has 0 aliphatic carbocycles. The second-order valence-corrected chi connectivity index (χ2v) is 8.45. The molecular formula is C19H27N3O2S. The number of benzene rings is 1. The van der Waals surface area contributed by atoms with Gasteiger partial charge in [0.05, 0.1) is 5.75 Å². The van der Waals surface area contributed by atoms with E-state index in [-0.39, 0.29) is 17.1 Å². The fourth-order valence-corrected chi connectivity index (χ4v) is 2.77. The van der Waals surface area contributed by atoms with Gasteiger partial charge in [-0.05, 0) is 35.4 Å². The van der Waals surface area contributed by atoms with Gasteiger partial charge in [-0.3, -0.25) is 4.79 Å². The zero-order valence-corrected chi connectivity index (χ0v) is 16.4. The van der Waals surface area contributed by atoms with E-state index in [2.05, 4.69) is 62.3 Å². The van der Waals surface area contributed by atoms with Crippen LogP contribution in [-0.4, -0.2) is 28.4 Å². The summed E-state index contributed by atoms with van der Waals surface area (Å²) >= 11 is 1.26. The molecule has 1 aromatic carbocycles. The minimum absolute atomic E-state index is 0.0140. The molecule has 5 nitrogen and oxygen atoms in total. The summed E-state index contributed by atoms with van der Waals surface area (Å²) in [4.78, 5) is 11.8. The van der Waals surface area contributed by atoms with Gasteiger partial charge < -0.3 is 9.73 Å². The molecule has 0 saturated carbocycles. The standard InChI is InChI=1S/C19H27N3O2S/c1-13(2)10-11-20-16(23)12-25-18-22-21-17(24-18)14-6-8-15(9-7-14)19(3,4)5/h6-9,13H,10-12H2,1-5H3,(H,20,23). The molecule has 25 heavy (non-hydrogen) atoms. The molecule has 0 fully saturated rings. The molecular weight excluding hydrogens is 334 g/mol. The molecule has 0 aliphatic rings. The molecule has 0 unspecified atom stereocenters. The molecule has 1 heterocycles. The number of carbonyl (C=O) groups is 1. The summed E-state index contributed by atoms with van der Waals surface area (Å²) in [7, 11) is 0. The Morgan fingerprint density at radius 3 is 2.48 bits per heavy atom. The van der Waals surface area contributed by atoms with E-state index in [9.17, 15) is 4.79 Å². The number of carbonyl (C=O) groups excluding carboxylic acids is 1. The van der Waals surface area contributed by atoms with Gasteiger partial charge in [-0.25, -0.2) is 0 Å². The van der Waals surface area contributed by atoms with Gasteiger partial charge >= 0.3 is 0 Å². The lowest BCUT2D eigenvalue weighted by molar-refractivity contribution is -0.118. The van der Waals surface area contributed by atoms with E-state index in [4.69, 9.17) is 4.42 Å². The van der Waals surface area contributed by atoms with E-state index in [1.54, 1.807) is 0 Å². The van der Waals surface area contributed by atoms with E-state index in [1.807, 2.05) is 12.1 Å². The molecule has 6 heteroatoms. The van der Waals surface area contributed by atoms with Crippen molar-refractivity contribution in [3.63, 3.8) is 0 Å². The topological polar surface area (TPSA) is 68.0 Å². The summed E-state index contributed by atoms with van der Waals surface area (Å²) in [6.45, 7) is 11.5. The van der Waals surface area contributed by atoms with Crippen LogP contribution in [0.4, 0.5) is 0 Å². The third-order valence-electron chi connectivity index (χ3n) is 3.77. The SMILES string of the molecule is CC(C)CCNC(=O)CSc1nnc(-c2ccc(C(C)(C)C)cc2)o1. The highest BCUT2D eigenvalue weighted by atomic mass is 32.2. The number of hydrogen-bond acceptors (Lipinski definition) is 5. The molecule has 0 aliphatic heterocycles. The average Bonchev–Trinajstić information content (AvgIpc) is 3.01. The quantitative estimate of drug-likeness (QED) is 0.745. The van der Waals surface area contributed by atoms with Gasteiger partial charge in [-0.15, -0.1) is 10.2 Å². The van der Waals surface area contributed by atoms with Crippen LogP contribution in [0.25, 0.3) is 11.5 Å². The van der Waals surface area contributed by atoms with Crippen molar-refractivity contribution in [3.8, 4) is 11.5 Å². The lowest BCUT2D eigenvalue weighted by Gasteiger charge is -2.18. The lowest BCUT2D eigenvalue weighted by atomic mass is 9.87. The number of rotatable bonds is 7. The van der Waals surface area contributed by atoms with Gasteiger partial charge in [0.2, 0.25) is 11.8 Å². The summed E-state index contributed by atoms with van der Waals surface area (Å²) < 4.78 is 5.65. The fourth-order valence-electron chi connectivity index (χ4n) is 2.18. The van der Waals surface area contributed by atoms with Gasteiger partial charge in [-0.2, -0.15) is 0 Å². The maximum absolute atomic E-state index is 11.8. The van der Waals surface area contributed by atoms with E-state index < -0.39 is 0 Å². The smallest absolute Gasteiger partial charge is 0.277 e. The molecule has 1 aromatic heterocycles. The van der Waals surface area contributed by atoms with Crippen LogP contribution in [0.15, 0.2) is 33.9 Å². The van der Waals surface area contributed by atoms with E-state index in [1.165, 1.54) is 17.3 Å². The van der Waals surface area contributed by atoms with Crippen LogP contribution in [0.2, 0.25) is 0 Å². The Morgan fingerprint density at radius 1 is 1.20 bits per heavy atom. The van der Waals surface area contributed by atoms with Gasteiger partial charge in [0.25, 0.3) is 5.22 Å². The molecule has 136 valence electrons. The summed E-state index contributed by atoms with van der Waals surface area (Å²) in [5, 5.41) is 11.4. The Hall–Kier alpha value is -1.82. The van der Waals surface area contributed by atoms with Crippen LogP contribution in [0.1, 0.15) is 46.6 Å². The predicted molar refractivity (Wildman–Crippen MR) is 102 cm³/mol. The number of nitrogens with one attached hydrogen (secondary N) is 1. The predicted octanol–water partition coefficient (Wildman–Crippen LogP) is 4.29. The molecule has 0 atom stereocenters. The van der Waals surface area contributed by atoms with Crippen molar-refractivity contribution in [1.82, 2.24) is 15.5 Å². The van der Waals surface area contributed by atoms with Crippen molar-refractivity contribution >= 4 is 17.7 Å². The highest BCUT2D eigenvalue weighted by molar-refractivity contribution is 7.99. The number of nitrogens with zero attached hydrogens (tertiary/aromatic N) is 2. The van der Waals surface area contributed by atoms with Crippen LogP contribution < -0.4 is 5.32 Å². The number of thioether (sulfide) groups is 1. The Balaban J connectivity index is 1.88. The van der Waals surface area contributed by atoms with Gasteiger partial charge in [0.15, 0.2) is 0 Å². The Bertz CT molecular complexity index is 687. The van der Waals surface area contributed by atoms with Crippen molar-refractivity contribution in [1.29, 1.82) is 0 Å². The molecule has 0 saturated heterocycles. The van der Waals surface area contributed by atoms with Crippen molar-refractivity contribution in [2.75, 3.05) is 12.3 Å². The van der Waals surface area contributed by atoms with E-state index >= 15 is 0 Å². The first-order valence-electron chi connectivity index (χ1n) is 8.59. The van der Waals surface area contributed by atoms with Crippen LogP contribution in [0, 0.1) is 5.92 Å². The third-order valence-corrected chi connectivity index (χ3v) is 4.59. The van der Waals surface area contributed by atoms with Crippen LogP contribution in [-0.2, 0) is 10.2 Å². The monoisotopic (exact) mass is 361 g/mol. The molecule has 2 rings (SSSR count). The van der Waals surface area contributed by atoms with Crippen LogP contribution >= 0.6 is 11.8 Å². The Kier molecular flexibility index (Phi) is 6.64. The highest BCUT2D eigenvalue weighted by Gasteiger charge is 2.15. The van der Waals surface area contributed by atoms with Crippen molar-refractivity contribution in [2.45, 2.75) is 51.7 Å². The molecule has 1 amide bonds. The van der Waals surface area contributed by atoms with Crippen molar-refractivity contribution in [2.24, 2.45) is 5.92 Å². The van der Waals surface area contributed by atoms with Crippen molar-refractivity contribution in [3.05, 3.63) is 29.8 Å². The minimum Gasteiger partial charge on any atom is -0.411 e. The second kappa shape index (κ2) is 8.52. The summed E-state index contributed by atoms with van der Waals surface area (Å²) in [5.41, 5.74) is 2.24. The third kappa shape index (κ3) is 6.20. The first-order valence-corrected chi connectivity index (χ1v) is 9.58. The first-order chi connectivity index (χ1) is 11.8. The molecule has 2 aromatic rings. The van der Waals surface area contributed by atoms with E-state index in [0.717, 1.165) is 12.0 Å². The molecule has 0 spiro atoms. The summed E-state index contributed by atoms with van der Waals surface area (Å²) in [6.07, 6.45) is 0.978. The Morgan fingerprint density at radius 2 is 1.88 bits per heavy atom. The van der Waals surface area contributed by atoms with Gasteiger partial charge in [-0.1, -0.05) is 58.5 Å². The van der Waals surface area contributed by atoms with Crippen LogP contribution in [0.3, 0.4) is 0 Å². The maximum Gasteiger partial charge on any atom is 0.277 e. The van der Waals surface area contributed by atoms with Gasteiger partial charge in [0.1, 0.15) is 0 Å². The van der Waals surface area contributed by atoms with Crippen LogP contribution in [0.5, 0.6) is 0 Å². The maximum atomic E-state index is 11.8. The molecule has 1 N–H and O–H groups in total. The highest BCUT2D eigenvalue weighted by Crippen LogP contribution is 2.27. The molecule has 0 radical (unpaired) electrons. The lowest BCUT2D eigenvalue weighted by Crippen LogP contribution is -2.26. The largest absolute Gasteiger partial charge is 0.411 e. The normalized spacial score (nSPS) is 11.8.